The SMILES string of the molecule is O=C(NCCCNc1cccnc1)c1ccc(F)cc1O. The summed E-state index contributed by atoms with van der Waals surface area (Å²) in [6.07, 6.45) is 4.12. The highest BCUT2D eigenvalue weighted by molar-refractivity contribution is 5.96. The second-order valence-corrected chi connectivity index (χ2v) is 4.44. The number of phenols is 1. The summed E-state index contributed by atoms with van der Waals surface area (Å²) in [6, 6.07) is 7.05. The number of hydrogen-bond acceptors (Lipinski definition) is 4. The van der Waals surface area contributed by atoms with E-state index in [0.29, 0.717) is 19.5 Å². The lowest BCUT2D eigenvalue weighted by atomic mass is 10.2. The van der Waals surface area contributed by atoms with Crippen LogP contribution >= 0.6 is 0 Å². The maximum Gasteiger partial charge on any atom is 0.255 e. The zero-order valence-electron chi connectivity index (χ0n) is 11.3. The Morgan fingerprint density at radius 1 is 1.29 bits per heavy atom. The van der Waals surface area contributed by atoms with Crippen molar-refractivity contribution in [1.29, 1.82) is 0 Å². The number of nitrogens with one attached hydrogen (secondary N) is 2. The van der Waals surface area contributed by atoms with Crippen LogP contribution in [0.3, 0.4) is 0 Å². The molecule has 1 amide bonds. The molecule has 3 N–H and O–H groups in total. The molecule has 0 unspecified atom stereocenters. The Kier molecular flexibility index (Phi) is 5.09. The van der Waals surface area contributed by atoms with Gasteiger partial charge in [-0.2, -0.15) is 0 Å². The molecule has 0 saturated carbocycles. The average Bonchev–Trinajstić information content (AvgIpc) is 2.47. The van der Waals surface area contributed by atoms with Crippen molar-refractivity contribution in [2.45, 2.75) is 6.42 Å². The predicted molar refractivity (Wildman–Crippen MR) is 77.7 cm³/mol. The van der Waals surface area contributed by atoms with E-state index in [0.717, 1.165) is 17.8 Å². The fraction of sp³-hybridized carbons (Fsp3) is 0.200. The summed E-state index contributed by atoms with van der Waals surface area (Å²) in [6.45, 7) is 1.13. The van der Waals surface area contributed by atoms with E-state index in [1.807, 2.05) is 12.1 Å². The third-order valence-electron chi connectivity index (χ3n) is 2.83. The first kappa shape index (κ1) is 14.8. The Morgan fingerprint density at radius 3 is 2.86 bits per heavy atom. The van der Waals surface area contributed by atoms with Gasteiger partial charge in [0, 0.05) is 31.5 Å². The lowest BCUT2D eigenvalue weighted by Gasteiger charge is -2.08. The number of aromatic nitrogens is 1. The predicted octanol–water partition coefficient (Wildman–Crippen LogP) is 2.16. The summed E-state index contributed by atoms with van der Waals surface area (Å²) < 4.78 is 12.8. The topological polar surface area (TPSA) is 74.2 Å². The van der Waals surface area contributed by atoms with Crippen LogP contribution in [0.1, 0.15) is 16.8 Å². The number of pyridine rings is 1. The van der Waals surface area contributed by atoms with Crippen LogP contribution in [0, 0.1) is 5.82 Å². The highest BCUT2D eigenvalue weighted by atomic mass is 19.1. The number of anilines is 1. The van der Waals surface area contributed by atoms with Gasteiger partial charge in [0.2, 0.25) is 0 Å². The molecule has 2 rings (SSSR count). The van der Waals surface area contributed by atoms with Gasteiger partial charge in [0.25, 0.3) is 5.91 Å². The van der Waals surface area contributed by atoms with Crippen LogP contribution in [0.25, 0.3) is 0 Å². The summed E-state index contributed by atoms with van der Waals surface area (Å²) in [5.41, 5.74) is 0.983. The highest BCUT2D eigenvalue weighted by Crippen LogP contribution is 2.17. The van der Waals surface area contributed by atoms with Gasteiger partial charge in [0.1, 0.15) is 11.6 Å². The number of carbonyl (C=O) groups excluding carboxylic acids is 1. The van der Waals surface area contributed by atoms with Crippen molar-refractivity contribution in [2.75, 3.05) is 18.4 Å². The Balaban J connectivity index is 1.72. The fourth-order valence-electron chi connectivity index (χ4n) is 1.78. The molecule has 1 heterocycles. The molecule has 2 aromatic rings. The van der Waals surface area contributed by atoms with Gasteiger partial charge >= 0.3 is 0 Å². The summed E-state index contributed by atoms with van der Waals surface area (Å²) in [5.74, 6) is -1.36. The lowest BCUT2D eigenvalue weighted by molar-refractivity contribution is 0.0951. The minimum atomic E-state index is -0.579. The summed E-state index contributed by atoms with van der Waals surface area (Å²) in [7, 11) is 0. The Bertz CT molecular complexity index is 605. The van der Waals surface area contributed by atoms with Crippen molar-refractivity contribution in [3.63, 3.8) is 0 Å². The van der Waals surface area contributed by atoms with E-state index < -0.39 is 11.7 Å². The Labute approximate surface area is 121 Å². The summed E-state index contributed by atoms with van der Waals surface area (Å²) >= 11 is 0. The molecule has 6 heteroatoms. The number of rotatable bonds is 6. The maximum atomic E-state index is 12.8. The van der Waals surface area contributed by atoms with Gasteiger partial charge < -0.3 is 15.7 Å². The lowest BCUT2D eigenvalue weighted by Crippen LogP contribution is -2.25. The molecule has 21 heavy (non-hydrogen) atoms. The maximum absolute atomic E-state index is 12.8. The van der Waals surface area contributed by atoms with Gasteiger partial charge in [-0.3, -0.25) is 9.78 Å². The molecule has 0 fully saturated rings. The standard InChI is InChI=1S/C15H16FN3O2/c16-11-4-5-13(14(20)9-11)15(21)19-8-2-7-18-12-3-1-6-17-10-12/h1,3-6,9-10,18,20H,2,7-8H2,(H,19,21). The van der Waals surface area contributed by atoms with Crippen molar-refractivity contribution in [3.05, 3.63) is 54.1 Å². The average molecular weight is 289 g/mol. The van der Waals surface area contributed by atoms with Crippen molar-refractivity contribution in [1.82, 2.24) is 10.3 Å². The molecule has 1 aromatic heterocycles. The number of halogens is 1. The van der Waals surface area contributed by atoms with E-state index in [-0.39, 0.29) is 11.3 Å². The molecule has 1 aromatic carbocycles. The van der Waals surface area contributed by atoms with E-state index in [2.05, 4.69) is 15.6 Å². The van der Waals surface area contributed by atoms with Gasteiger partial charge in [-0.05, 0) is 30.7 Å². The van der Waals surface area contributed by atoms with Gasteiger partial charge in [0.05, 0.1) is 11.3 Å². The first-order chi connectivity index (χ1) is 10.2. The van der Waals surface area contributed by atoms with E-state index in [1.165, 1.54) is 6.07 Å². The zero-order chi connectivity index (χ0) is 15.1. The summed E-state index contributed by atoms with van der Waals surface area (Å²) in [5, 5.41) is 15.3. The van der Waals surface area contributed by atoms with Crippen molar-refractivity contribution in [2.24, 2.45) is 0 Å². The number of hydrogen-bond donors (Lipinski definition) is 3. The van der Waals surface area contributed by atoms with Gasteiger partial charge in [-0.1, -0.05) is 0 Å². The second-order valence-electron chi connectivity index (χ2n) is 4.44. The molecule has 0 aliphatic carbocycles. The van der Waals surface area contributed by atoms with Crippen LogP contribution in [0.15, 0.2) is 42.7 Å². The molecule has 0 spiro atoms. The van der Waals surface area contributed by atoms with E-state index in [4.69, 9.17) is 0 Å². The second kappa shape index (κ2) is 7.23. The Hall–Kier alpha value is -2.63. The minimum Gasteiger partial charge on any atom is -0.507 e. The molecule has 0 radical (unpaired) electrons. The van der Waals surface area contributed by atoms with Gasteiger partial charge in [-0.25, -0.2) is 4.39 Å². The molecule has 0 bridgehead atoms. The van der Waals surface area contributed by atoms with Crippen LogP contribution in [0.5, 0.6) is 5.75 Å². The largest absolute Gasteiger partial charge is 0.507 e. The molecular weight excluding hydrogens is 273 g/mol. The van der Waals surface area contributed by atoms with Crippen molar-refractivity contribution >= 4 is 11.6 Å². The zero-order valence-corrected chi connectivity index (χ0v) is 11.3. The van der Waals surface area contributed by atoms with Crippen molar-refractivity contribution < 1.29 is 14.3 Å². The van der Waals surface area contributed by atoms with Crippen LogP contribution < -0.4 is 10.6 Å². The number of amides is 1. The fourth-order valence-corrected chi connectivity index (χ4v) is 1.78. The van der Waals surface area contributed by atoms with E-state index in [1.54, 1.807) is 12.4 Å². The van der Waals surface area contributed by atoms with Gasteiger partial charge in [-0.15, -0.1) is 0 Å². The molecule has 0 atom stereocenters. The first-order valence-corrected chi connectivity index (χ1v) is 6.57. The summed E-state index contributed by atoms with van der Waals surface area (Å²) in [4.78, 5) is 15.8. The third-order valence-corrected chi connectivity index (χ3v) is 2.83. The third kappa shape index (κ3) is 4.45. The van der Waals surface area contributed by atoms with Crippen molar-refractivity contribution in [3.8, 4) is 5.75 Å². The molecule has 110 valence electrons. The molecule has 5 nitrogen and oxygen atoms in total. The van der Waals surface area contributed by atoms with Crippen LogP contribution in [0.2, 0.25) is 0 Å². The highest BCUT2D eigenvalue weighted by Gasteiger charge is 2.10. The van der Waals surface area contributed by atoms with Gasteiger partial charge in [0.15, 0.2) is 0 Å². The normalized spacial score (nSPS) is 10.1. The smallest absolute Gasteiger partial charge is 0.255 e. The Morgan fingerprint density at radius 2 is 2.14 bits per heavy atom. The number of phenolic OH excluding ortho intramolecular Hbond substituents is 1. The number of nitrogens with zero attached hydrogens (tertiary/aromatic N) is 1. The molecule has 0 aliphatic heterocycles. The van der Waals surface area contributed by atoms with Crippen LogP contribution in [-0.4, -0.2) is 29.1 Å². The first-order valence-electron chi connectivity index (χ1n) is 6.57. The molecular formula is C15H16FN3O2. The minimum absolute atomic E-state index is 0.0663. The number of aromatic hydroxyl groups is 1. The van der Waals surface area contributed by atoms with E-state index >= 15 is 0 Å². The molecule has 0 aliphatic rings. The van der Waals surface area contributed by atoms with E-state index in [9.17, 15) is 14.3 Å². The number of carbonyl (C=O) groups is 1. The quantitative estimate of drug-likeness (QED) is 0.712. The van der Waals surface area contributed by atoms with Crippen LogP contribution in [0.4, 0.5) is 10.1 Å². The molecule has 0 saturated heterocycles. The monoisotopic (exact) mass is 289 g/mol. The van der Waals surface area contributed by atoms with Crippen LogP contribution in [-0.2, 0) is 0 Å². The number of benzene rings is 1.